The molecule has 0 atom stereocenters. The maximum Gasteiger partial charge on any atom is 0.364 e. The molecule has 0 saturated heterocycles. The summed E-state index contributed by atoms with van der Waals surface area (Å²) >= 11 is 0. The van der Waals surface area contributed by atoms with Crippen LogP contribution in [0.15, 0.2) is 66.7 Å². The predicted molar refractivity (Wildman–Crippen MR) is 85.7 cm³/mol. The van der Waals surface area contributed by atoms with Gasteiger partial charge in [-0.15, -0.1) is 0 Å². The van der Waals surface area contributed by atoms with Crippen LogP contribution in [-0.4, -0.2) is 18.1 Å². The van der Waals surface area contributed by atoms with E-state index in [1.807, 2.05) is 0 Å². The minimum absolute atomic E-state index is 0.0442. The second kappa shape index (κ2) is 5.32. The monoisotopic (exact) mass is 315 g/mol. The number of hydrogen-bond donors (Lipinski definition) is 2. The molecule has 6 heteroatoms. The van der Waals surface area contributed by atoms with Crippen molar-refractivity contribution in [3.05, 3.63) is 66.7 Å². The molecule has 22 heavy (non-hydrogen) atoms. The number of rotatable bonds is 3. The Hall–Kier alpha value is -2.57. The van der Waals surface area contributed by atoms with Crippen molar-refractivity contribution < 1.29 is 18.1 Å². The normalized spacial score (nSPS) is 11.5. The lowest BCUT2D eigenvalue weighted by molar-refractivity contribution is 0.480. The van der Waals surface area contributed by atoms with Gasteiger partial charge in [0.05, 0.1) is 11.4 Å². The van der Waals surface area contributed by atoms with Crippen molar-refractivity contribution in [1.82, 2.24) is 0 Å². The van der Waals surface area contributed by atoms with Crippen LogP contribution in [0.2, 0.25) is 0 Å². The van der Waals surface area contributed by atoms with Gasteiger partial charge in [-0.1, -0.05) is 36.4 Å². The van der Waals surface area contributed by atoms with Crippen molar-refractivity contribution >= 4 is 32.5 Å². The van der Waals surface area contributed by atoms with Gasteiger partial charge >= 0.3 is 10.3 Å². The van der Waals surface area contributed by atoms with Crippen LogP contribution in [0.4, 0.5) is 11.4 Å². The highest BCUT2D eigenvalue weighted by atomic mass is 32.2. The Morgan fingerprint density at radius 2 is 1.55 bits per heavy atom. The summed E-state index contributed by atoms with van der Waals surface area (Å²) in [6.45, 7) is 0. The molecular formula is C16H13NO4S. The first-order chi connectivity index (χ1) is 10.5. The fourth-order valence-electron chi connectivity index (χ4n) is 2.35. The van der Waals surface area contributed by atoms with Gasteiger partial charge in [0.25, 0.3) is 0 Å². The highest BCUT2D eigenvalue weighted by Crippen LogP contribution is 2.33. The van der Waals surface area contributed by atoms with E-state index < -0.39 is 10.3 Å². The molecule has 0 spiro atoms. The highest BCUT2D eigenvalue weighted by Gasteiger charge is 2.22. The van der Waals surface area contributed by atoms with Crippen LogP contribution in [0.1, 0.15) is 0 Å². The summed E-state index contributed by atoms with van der Waals surface area (Å²) in [7, 11) is -4.50. The molecule has 0 aliphatic rings. The standard InChI is InChI=1S/C16H13NO4S/c18-16-8-4-5-12-9-10-14(11-15(12)16)17(22(19,20)21)13-6-2-1-3-7-13/h1-11,18H,(H,19,20,21). The van der Waals surface area contributed by atoms with Crippen LogP contribution in [0, 0.1) is 0 Å². The van der Waals surface area contributed by atoms with Gasteiger partial charge in [0.15, 0.2) is 0 Å². The molecule has 0 fully saturated rings. The molecule has 0 unspecified atom stereocenters. The number of para-hydroxylation sites is 1. The smallest absolute Gasteiger partial charge is 0.364 e. The summed E-state index contributed by atoms with van der Waals surface area (Å²) < 4.78 is 33.9. The zero-order chi connectivity index (χ0) is 15.7. The molecule has 5 nitrogen and oxygen atoms in total. The van der Waals surface area contributed by atoms with E-state index in [-0.39, 0.29) is 11.4 Å². The van der Waals surface area contributed by atoms with Crippen molar-refractivity contribution in [2.24, 2.45) is 0 Å². The van der Waals surface area contributed by atoms with E-state index in [1.165, 1.54) is 12.1 Å². The Labute approximate surface area is 127 Å². The molecule has 0 bridgehead atoms. The third-order valence-electron chi connectivity index (χ3n) is 3.30. The number of anilines is 2. The number of hydrogen-bond acceptors (Lipinski definition) is 3. The van der Waals surface area contributed by atoms with Crippen LogP contribution in [0.5, 0.6) is 5.75 Å². The first-order valence-corrected chi connectivity index (χ1v) is 7.91. The van der Waals surface area contributed by atoms with Gasteiger partial charge in [0, 0.05) is 5.39 Å². The molecule has 112 valence electrons. The van der Waals surface area contributed by atoms with Crippen LogP contribution >= 0.6 is 0 Å². The van der Waals surface area contributed by atoms with Gasteiger partial charge in [-0.3, -0.25) is 4.55 Å². The van der Waals surface area contributed by atoms with E-state index in [0.29, 0.717) is 11.1 Å². The zero-order valence-corrected chi connectivity index (χ0v) is 12.2. The minimum atomic E-state index is -4.50. The molecule has 3 aromatic rings. The predicted octanol–water partition coefficient (Wildman–Crippen LogP) is 3.49. The van der Waals surface area contributed by atoms with Gasteiger partial charge in [-0.25, -0.2) is 4.31 Å². The van der Waals surface area contributed by atoms with Crippen molar-refractivity contribution in [1.29, 1.82) is 0 Å². The van der Waals surface area contributed by atoms with E-state index in [4.69, 9.17) is 0 Å². The van der Waals surface area contributed by atoms with Crippen LogP contribution in [-0.2, 0) is 10.3 Å². The summed E-state index contributed by atoms with van der Waals surface area (Å²) in [5.41, 5.74) is 0.544. The van der Waals surface area contributed by atoms with Crippen molar-refractivity contribution in [2.45, 2.75) is 0 Å². The van der Waals surface area contributed by atoms with E-state index in [9.17, 15) is 18.1 Å². The SMILES string of the molecule is O=S(=O)(O)N(c1ccccc1)c1ccc2cccc(O)c2c1. The van der Waals surface area contributed by atoms with Crippen molar-refractivity contribution in [2.75, 3.05) is 4.31 Å². The topological polar surface area (TPSA) is 77.8 Å². The second-order valence-corrected chi connectivity index (χ2v) is 6.02. The van der Waals surface area contributed by atoms with Crippen molar-refractivity contribution in [3.8, 4) is 5.75 Å². The van der Waals surface area contributed by atoms with Gasteiger partial charge in [0.1, 0.15) is 5.75 Å². The summed E-state index contributed by atoms with van der Waals surface area (Å²) in [4.78, 5) is 0. The summed E-state index contributed by atoms with van der Waals surface area (Å²) in [6.07, 6.45) is 0. The number of nitrogens with zero attached hydrogens (tertiary/aromatic N) is 1. The average molecular weight is 315 g/mol. The lowest BCUT2D eigenvalue weighted by Gasteiger charge is -2.21. The fourth-order valence-corrected chi connectivity index (χ4v) is 3.12. The molecule has 0 saturated carbocycles. The van der Waals surface area contributed by atoms with Crippen LogP contribution in [0.3, 0.4) is 0 Å². The number of fused-ring (bicyclic) bond motifs is 1. The minimum Gasteiger partial charge on any atom is -0.507 e. The number of phenolic OH excluding ortho intramolecular Hbond substituents is 1. The van der Waals surface area contributed by atoms with Crippen molar-refractivity contribution in [3.63, 3.8) is 0 Å². The quantitative estimate of drug-likeness (QED) is 0.725. The first-order valence-electron chi connectivity index (χ1n) is 6.51. The Kier molecular flexibility index (Phi) is 3.48. The third kappa shape index (κ3) is 2.61. The van der Waals surface area contributed by atoms with E-state index >= 15 is 0 Å². The lowest BCUT2D eigenvalue weighted by atomic mass is 10.1. The molecule has 0 amide bonds. The number of benzene rings is 3. The Balaban J connectivity index is 2.23. The van der Waals surface area contributed by atoms with Gasteiger partial charge in [-0.05, 0) is 35.7 Å². The Morgan fingerprint density at radius 1 is 0.818 bits per heavy atom. The van der Waals surface area contributed by atoms with E-state index in [2.05, 4.69) is 0 Å². The molecule has 3 rings (SSSR count). The molecule has 0 aliphatic carbocycles. The molecule has 0 heterocycles. The Morgan fingerprint density at radius 3 is 2.23 bits per heavy atom. The molecular weight excluding hydrogens is 302 g/mol. The first kappa shape index (κ1) is 14.4. The highest BCUT2D eigenvalue weighted by molar-refractivity contribution is 7.87. The number of aromatic hydroxyl groups is 1. The van der Waals surface area contributed by atoms with E-state index in [0.717, 1.165) is 9.69 Å². The van der Waals surface area contributed by atoms with Gasteiger partial charge < -0.3 is 5.11 Å². The summed E-state index contributed by atoms with van der Waals surface area (Å²) in [5, 5.41) is 11.2. The molecule has 0 aliphatic heterocycles. The van der Waals surface area contributed by atoms with Crippen LogP contribution in [0.25, 0.3) is 10.8 Å². The van der Waals surface area contributed by atoms with Gasteiger partial charge in [0.2, 0.25) is 0 Å². The summed E-state index contributed by atoms with van der Waals surface area (Å²) in [5.74, 6) is 0.0442. The average Bonchev–Trinajstić information content (AvgIpc) is 2.48. The van der Waals surface area contributed by atoms with E-state index in [1.54, 1.807) is 54.6 Å². The fraction of sp³-hybridized carbons (Fsp3) is 0. The Bertz CT molecular complexity index is 923. The van der Waals surface area contributed by atoms with Gasteiger partial charge in [-0.2, -0.15) is 8.42 Å². The number of phenols is 1. The second-order valence-electron chi connectivity index (χ2n) is 4.76. The molecule has 2 N–H and O–H groups in total. The molecule has 3 aromatic carbocycles. The molecule has 0 radical (unpaired) electrons. The lowest BCUT2D eigenvalue weighted by Crippen LogP contribution is -2.25. The third-order valence-corrected chi connectivity index (χ3v) is 4.18. The zero-order valence-electron chi connectivity index (χ0n) is 11.4. The maximum atomic E-state index is 11.8. The molecule has 0 aromatic heterocycles. The largest absolute Gasteiger partial charge is 0.507 e. The van der Waals surface area contributed by atoms with Crippen LogP contribution < -0.4 is 4.31 Å². The summed E-state index contributed by atoms with van der Waals surface area (Å²) in [6, 6.07) is 18.0. The maximum absolute atomic E-state index is 11.8.